The normalized spacial score (nSPS) is 44.4. The predicted molar refractivity (Wildman–Crippen MR) is 92.6 cm³/mol. The molecule has 176 valence electrons. The minimum absolute atomic E-state index is 0.718. The van der Waals surface area contributed by atoms with Crippen molar-refractivity contribution in [1.82, 2.24) is 0 Å². The van der Waals surface area contributed by atoms with Crippen LogP contribution in [-0.2, 0) is 23.7 Å². The van der Waals surface area contributed by atoms with E-state index in [1.807, 2.05) is 0 Å². The quantitative estimate of drug-likeness (QED) is 0.170. The van der Waals surface area contributed by atoms with Crippen molar-refractivity contribution in [3.63, 3.8) is 0 Å². The average molecular weight is 443 g/mol. The minimum atomic E-state index is -1.82. The van der Waals surface area contributed by atoms with Gasteiger partial charge in [-0.2, -0.15) is 0 Å². The van der Waals surface area contributed by atoms with E-state index in [1.54, 1.807) is 0 Å². The first-order chi connectivity index (χ1) is 14.0. The average Bonchev–Trinajstić information content (AvgIpc) is 2.72. The van der Waals surface area contributed by atoms with Crippen LogP contribution in [0.1, 0.15) is 6.92 Å². The molecular weight excluding hydrogens is 414 g/mol. The molecule has 30 heavy (non-hydrogen) atoms. The summed E-state index contributed by atoms with van der Waals surface area (Å²) in [7, 11) is 0. The van der Waals surface area contributed by atoms with Gasteiger partial charge in [-0.05, 0) is 6.92 Å². The number of aliphatic hydroxyl groups excluding tert-OH is 7. The predicted octanol–water partition coefficient (Wildman–Crippen LogP) is -5.57. The Kier molecular flexibility index (Phi) is 8.87. The first kappa shape index (κ1) is 25.3. The van der Waals surface area contributed by atoms with E-state index in [1.165, 1.54) is 6.92 Å². The maximum atomic E-state index is 11.1. The Hall–Kier alpha value is -1.01. The highest BCUT2D eigenvalue weighted by Crippen LogP contribution is 2.30. The van der Waals surface area contributed by atoms with Gasteiger partial charge in [0.05, 0.1) is 19.3 Å². The molecule has 2 aliphatic rings. The molecule has 2 aliphatic heterocycles. The maximum Gasteiger partial charge on any atom is 0.323 e. The van der Waals surface area contributed by atoms with E-state index < -0.39 is 92.7 Å². The molecule has 14 nitrogen and oxygen atoms in total. The summed E-state index contributed by atoms with van der Waals surface area (Å²) in [4.78, 5) is 11.1. The topological polar surface area (TPSA) is 242 Å². The van der Waals surface area contributed by atoms with Crippen molar-refractivity contribution in [2.75, 3.05) is 13.2 Å². The van der Waals surface area contributed by atoms with Gasteiger partial charge in [-0.25, -0.2) is 0 Å². The summed E-state index contributed by atoms with van der Waals surface area (Å²) in [5, 5.41) is 78.0. The Bertz CT molecular complexity index is 565. The summed E-state index contributed by atoms with van der Waals surface area (Å²) >= 11 is 0. The fourth-order valence-electron chi connectivity index (χ4n) is 3.14. The van der Waals surface area contributed by atoms with Gasteiger partial charge in [-0.1, -0.05) is 0 Å². The van der Waals surface area contributed by atoms with Gasteiger partial charge in [0.2, 0.25) is 0 Å². The molecule has 0 radical (unpaired) electrons. The molecule has 0 aromatic heterocycles. The second-order valence-electron chi connectivity index (χ2n) is 7.21. The van der Waals surface area contributed by atoms with Crippen molar-refractivity contribution in [2.24, 2.45) is 5.73 Å². The molecule has 0 aliphatic carbocycles. The number of hydrogen-bond donors (Lipinski definition) is 9. The summed E-state index contributed by atoms with van der Waals surface area (Å²) < 4.78 is 21.4. The number of carbonyl (C=O) groups is 1. The summed E-state index contributed by atoms with van der Waals surface area (Å²) in [5.41, 5.74) is 5.49. The van der Waals surface area contributed by atoms with E-state index in [9.17, 15) is 40.5 Å². The number of carboxylic acid groups (broad SMARTS) is 1. The molecule has 0 aromatic rings. The van der Waals surface area contributed by atoms with Crippen molar-refractivity contribution in [2.45, 2.75) is 80.5 Å². The maximum absolute atomic E-state index is 11.1. The van der Waals surface area contributed by atoms with Gasteiger partial charge in [0.1, 0.15) is 54.9 Å². The Balaban J connectivity index is 2.22. The lowest BCUT2D eigenvalue weighted by molar-refractivity contribution is -0.371. The zero-order chi connectivity index (χ0) is 22.7. The van der Waals surface area contributed by atoms with Gasteiger partial charge in [-0.15, -0.1) is 0 Å². The van der Waals surface area contributed by atoms with Crippen molar-refractivity contribution in [3.8, 4) is 0 Å². The van der Waals surface area contributed by atoms with Crippen LogP contribution in [-0.4, -0.2) is 134 Å². The van der Waals surface area contributed by atoms with Crippen LogP contribution in [0.5, 0.6) is 0 Å². The molecule has 12 atom stereocenters. The van der Waals surface area contributed by atoms with Crippen molar-refractivity contribution < 1.29 is 64.6 Å². The van der Waals surface area contributed by atoms with Gasteiger partial charge in [0, 0.05) is 0 Å². The number of aliphatic hydroxyl groups is 7. The number of carboxylic acids is 1. The second-order valence-corrected chi connectivity index (χ2v) is 7.21. The molecule has 14 heteroatoms. The van der Waals surface area contributed by atoms with E-state index in [2.05, 4.69) is 0 Å². The minimum Gasteiger partial charge on any atom is -0.480 e. The standard InChI is InChI=1S/C16H29NO13/c1-4(7(17)14(25)26)27-16-13(11(23)9(21)6(3-19)29-16)30-15-12(24)10(22)8(20)5(2-18)28-15/h4-13,15-16,18-24H,2-3,17H2,1H3,(H,25,26)/t4?,5-,6-,7?,8-,9-,10+,11+,12+,13+,15?,16?/m1/s1. The van der Waals surface area contributed by atoms with E-state index >= 15 is 0 Å². The lowest BCUT2D eigenvalue weighted by Gasteiger charge is -2.46. The van der Waals surface area contributed by atoms with Crippen LogP contribution in [0.15, 0.2) is 0 Å². The van der Waals surface area contributed by atoms with E-state index in [-0.39, 0.29) is 0 Å². The van der Waals surface area contributed by atoms with Crippen LogP contribution in [0.4, 0.5) is 0 Å². The summed E-state index contributed by atoms with van der Waals surface area (Å²) in [6.45, 7) is -0.142. The number of ether oxygens (including phenoxy) is 4. The first-order valence-electron chi connectivity index (χ1n) is 9.25. The van der Waals surface area contributed by atoms with Crippen molar-refractivity contribution in [1.29, 1.82) is 0 Å². The summed E-state index contributed by atoms with van der Waals surface area (Å²) in [6, 6.07) is -1.49. The van der Waals surface area contributed by atoms with Crippen molar-refractivity contribution in [3.05, 3.63) is 0 Å². The van der Waals surface area contributed by atoms with Crippen LogP contribution < -0.4 is 5.73 Å². The number of nitrogens with two attached hydrogens (primary N) is 1. The van der Waals surface area contributed by atoms with Crippen molar-refractivity contribution >= 4 is 5.97 Å². The number of hydrogen-bond acceptors (Lipinski definition) is 13. The Morgan fingerprint density at radius 1 is 0.900 bits per heavy atom. The molecule has 2 saturated heterocycles. The number of rotatable bonds is 8. The molecule has 4 unspecified atom stereocenters. The zero-order valence-corrected chi connectivity index (χ0v) is 16.0. The molecule has 0 saturated carbocycles. The van der Waals surface area contributed by atoms with E-state index in [0.717, 1.165) is 0 Å². The SMILES string of the molecule is CC(OC1O[C@H](CO)[C@@H](O)[C@H](O)[C@@H]1OC1O[C@H](CO)[C@@H](O)[C@H](O)[C@@H]1O)C(N)C(=O)O. The number of aliphatic carboxylic acids is 1. The summed E-state index contributed by atoms with van der Waals surface area (Å²) in [5.74, 6) is -1.39. The third kappa shape index (κ3) is 5.24. The molecule has 2 heterocycles. The zero-order valence-electron chi connectivity index (χ0n) is 16.0. The van der Waals surface area contributed by atoms with Crippen LogP contribution in [0, 0.1) is 0 Å². The van der Waals surface area contributed by atoms with Gasteiger partial charge >= 0.3 is 5.97 Å². The van der Waals surface area contributed by atoms with Crippen LogP contribution in [0.25, 0.3) is 0 Å². The molecule has 0 amide bonds. The molecule has 2 fully saturated rings. The monoisotopic (exact) mass is 443 g/mol. The van der Waals surface area contributed by atoms with Gasteiger partial charge in [0.15, 0.2) is 12.6 Å². The van der Waals surface area contributed by atoms with E-state index in [4.69, 9.17) is 29.8 Å². The summed E-state index contributed by atoms with van der Waals surface area (Å²) in [6.07, 6.45) is -17.3. The third-order valence-electron chi connectivity index (χ3n) is 5.10. The molecule has 0 spiro atoms. The molecule has 0 bridgehead atoms. The lowest BCUT2D eigenvalue weighted by atomic mass is 9.97. The highest BCUT2D eigenvalue weighted by molar-refractivity contribution is 5.73. The fourth-order valence-corrected chi connectivity index (χ4v) is 3.14. The largest absolute Gasteiger partial charge is 0.480 e. The Morgan fingerprint density at radius 2 is 1.40 bits per heavy atom. The highest BCUT2D eigenvalue weighted by Gasteiger charge is 2.51. The lowest BCUT2D eigenvalue weighted by Crippen LogP contribution is -2.65. The van der Waals surface area contributed by atoms with E-state index in [0.29, 0.717) is 0 Å². The third-order valence-corrected chi connectivity index (χ3v) is 5.10. The van der Waals surface area contributed by atoms with Gasteiger partial charge < -0.3 is 65.5 Å². The molecule has 2 rings (SSSR count). The molecule has 0 aromatic carbocycles. The van der Waals surface area contributed by atoms with Crippen LogP contribution >= 0.6 is 0 Å². The smallest absolute Gasteiger partial charge is 0.323 e. The van der Waals surface area contributed by atoms with Crippen LogP contribution in [0.3, 0.4) is 0 Å². The molecular formula is C16H29NO13. The Labute approximate surface area is 171 Å². The second kappa shape index (κ2) is 10.5. The van der Waals surface area contributed by atoms with Crippen LogP contribution in [0.2, 0.25) is 0 Å². The highest BCUT2D eigenvalue weighted by atomic mass is 16.8. The fraction of sp³-hybridized carbons (Fsp3) is 0.938. The first-order valence-corrected chi connectivity index (χ1v) is 9.25. The molecule has 10 N–H and O–H groups in total. The van der Waals surface area contributed by atoms with Gasteiger partial charge in [-0.3, -0.25) is 4.79 Å². The Morgan fingerprint density at radius 3 is 1.90 bits per heavy atom. The van der Waals surface area contributed by atoms with Gasteiger partial charge in [0.25, 0.3) is 0 Å².